The van der Waals surface area contributed by atoms with Gasteiger partial charge in [0.2, 0.25) is 0 Å². The summed E-state index contributed by atoms with van der Waals surface area (Å²) < 4.78 is 16.4. The van der Waals surface area contributed by atoms with Crippen LogP contribution in [-0.4, -0.2) is 19.5 Å². The van der Waals surface area contributed by atoms with E-state index in [-0.39, 0.29) is 5.82 Å². The predicted octanol–water partition coefficient (Wildman–Crippen LogP) is 4.73. The van der Waals surface area contributed by atoms with Gasteiger partial charge in [-0.1, -0.05) is 54.6 Å². The van der Waals surface area contributed by atoms with Crippen LogP contribution < -0.4 is 0 Å². The van der Waals surface area contributed by atoms with Gasteiger partial charge in [0.05, 0.1) is 16.7 Å². The minimum Gasteiger partial charge on any atom is -0.287 e. The molecule has 5 rings (SSSR count). The van der Waals surface area contributed by atoms with E-state index < -0.39 is 0 Å². The third-order valence-electron chi connectivity index (χ3n) is 4.31. The number of hydrogen-bond donors (Lipinski definition) is 0. The number of fused-ring (bicyclic) bond motifs is 2. The first-order valence-corrected chi connectivity index (χ1v) is 8.27. The van der Waals surface area contributed by atoms with Crippen LogP contribution in [0.1, 0.15) is 0 Å². The van der Waals surface area contributed by atoms with Crippen LogP contribution in [0.2, 0.25) is 0 Å². The minimum absolute atomic E-state index is 0.320. The van der Waals surface area contributed by atoms with Gasteiger partial charge < -0.3 is 0 Å². The van der Waals surface area contributed by atoms with Crippen LogP contribution in [0, 0.1) is 5.82 Å². The van der Waals surface area contributed by atoms with E-state index in [2.05, 4.69) is 15.0 Å². The van der Waals surface area contributed by atoms with Gasteiger partial charge in [-0.15, -0.1) is 0 Å². The van der Waals surface area contributed by atoms with E-state index in [1.54, 1.807) is 22.8 Å². The third-order valence-corrected chi connectivity index (χ3v) is 4.31. The molecule has 0 fully saturated rings. The second kappa shape index (κ2) is 5.74. The molecule has 0 atom stereocenters. The summed E-state index contributed by atoms with van der Waals surface area (Å²) in [6.45, 7) is 0. The van der Waals surface area contributed by atoms with E-state index in [1.807, 2.05) is 54.6 Å². The molecule has 3 aromatic rings. The van der Waals surface area contributed by atoms with Gasteiger partial charge in [-0.2, -0.15) is 0 Å². The molecule has 26 heavy (non-hydrogen) atoms. The average molecular weight is 340 g/mol. The molecular formula is C21H13FN4. The third kappa shape index (κ3) is 2.25. The van der Waals surface area contributed by atoms with Crippen molar-refractivity contribution in [3.8, 4) is 28.7 Å². The smallest absolute Gasteiger partial charge is 0.199 e. The predicted molar refractivity (Wildman–Crippen MR) is 98.7 cm³/mol. The van der Waals surface area contributed by atoms with Crippen molar-refractivity contribution >= 4 is 11.0 Å². The summed E-state index contributed by atoms with van der Waals surface area (Å²) in [7, 11) is 0. The Kier molecular flexibility index (Phi) is 3.25. The Balaban J connectivity index is 1.89. The largest absolute Gasteiger partial charge is 0.287 e. The lowest BCUT2D eigenvalue weighted by atomic mass is 10.2. The maximum atomic E-state index is 14.6. The summed E-state index contributed by atoms with van der Waals surface area (Å²) in [6.07, 6.45) is 0. The second-order valence-corrected chi connectivity index (χ2v) is 5.95. The summed E-state index contributed by atoms with van der Waals surface area (Å²) in [5.74, 6) is 1.28. The van der Waals surface area contributed by atoms with Crippen molar-refractivity contribution < 1.29 is 4.39 Å². The van der Waals surface area contributed by atoms with Gasteiger partial charge >= 0.3 is 0 Å². The van der Waals surface area contributed by atoms with Gasteiger partial charge in [0.25, 0.3) is 0 Å². The van der Waals surface area contributed by atoms with Gasteiger partial charge in [0, 0.05) is 5.56 Å². The zero-order valence-corrected chi connectivity index (χ0v) is 13.7. The van der Waals surface area contributed by atoms with Crippen molar-refractivity contribution in [2.24, 2.45) is 0 Å². The molecule has 2 aliphatic rings. The normalized spacial score (nSPS) is 11.3. The fraction of sp³-hybridized carbons (Fsp3) is 0. The lowest BCUT2D eigenvalue weighted by molar-refractivity contribution is 0.619. The Morgan fingerprint density at radius 1 is 0.654 bits per heavy atom. The first kappa shape index (κ1) is 14.7. The lowest BCUT2D eigenvalue weighted by Gasteiger charge is -2.14. The number of rotatable bonds is 2. The summed E-state index contributed by atoms with van der Waals surface area (Å²) >= 11 is 0. The highest BCUT2D eigenvalue weighted by Crippen LogP contribution is 2.30. The van der Waals surface area contributed by atoms with Crippen LogP contribution in [0.3, 0.4) is 0 Å². The summed E-state index contributed by atoms with van der Waals surface area (Å²) in [4.78, 5) is 13.9. The van der Waals surface area contributed by atoms with Gasteiger partial charge in [0.1, 0.15) is 5.82 Å². The van der Waals surface area contributed by atoms with Gasteiger partial charge in [-0.25, -0.2) is 19.3 Å². The molecule has 4 nitrogen and oxygen atoms in total. The van der Waals surface area contributed by atoms with Crippen molar-refractivity contribution in [2.45, 2.75) is 0 Å². The zero-order valence-electron chi connectivity index (χ0n) is 13.7. The molecular weight excluding hydrogens is 327 g/mol. The van der Waals surface area contributed by atoms with Crippen molar-refractivity contribution in [2.75, 3.05) is 0 Å². The van der Waals surface area contributed by atoms with E-state index in [1.165, 1.54) is 6.07 Å². The molecule has 0 unspecified atom stereocenters. The summed E-state index contributed by atoms with van der Waals surface area (Å²) in [5, 5.41) is 0. The Labute approximate surface area is 149 Å². The standard InChI is InChI=1S/C21H13FN4/c22-15-10-4-6-12-17(15)26-18-13-7-5-11-16(18)23-20-21(26)25-19(24-20)14-8-2-1-3-9-14/h1-13H. The van der Waals surface area contributed by atoms with E-state index in [0.29, 0.717) is 23.2 Å². The summed E-state index contributed by atoms with van der Waals surface area (Å²) in [6, 6.07) is 24.0. The molecule has 0 bridgehead atoms. The number of nitrogens with zero attached hydrogens (tertiary/aromatic N) is 4. The van der Waals surface area contributed by atoms with E-state index in [4.69, 9.17) is 0 Å². The molecule has 2 aliphatic heterocycles. The minimum atomic E-state index is -0.320. The Morgan fingerprint density at radius 3 is 2.23 bits per heavy atom. The van der Waals surface area contributed by atoms with Crippen LogP contribution in [0.15, 0.2) is 78.9 Å². The quantitative estimate of drug-likeness (QED) is 0.467. The SMILES string of the molecule is Fc1ccccc1-n1c2nc(-c3ccccc3)nc-2nc2ccccc21. The van der Waals surface area contributed by atoms with Crippen LogP contribution in [0.4, 0.5) is 4.39 Å². The first-order valence-electron chi connectivity index (χ1n) is 8.27. The molecule has 0 N–H and O–H groups in total. The lowest BCUT2D eigenvalue weighted by Crippen LogP contribution is -2.07. The van der Waals surface area contributed by atoms with Crippen molar-refractivity contribution in [3.05, 3.63) is 84.7 Å². The Bertz CT molecular complexity index is 1200. The van der Waals surface area contributed by atoms with E-state index >= 15 is 0 Å². The average Bonchev–Trinajstić information content (AvgIpc) is 3.11. The molecule has 3 aromatic carbocycles. The number of benzene rings is 3. The van der Waals surface area contributed by atoms with Gasteiger partial charge in [-0.3, -0.25) is 4.57 Å². The fourth-order valence-electron chi connectivity index (χ4n) is 3.12. The van der Waals surface area contributed by atoms with Crippen LogP contribution >= 0.6 is 0 Å². The first-order chi connectivity index (χ1) is 12.8. The highest BCUT2D eigenvalue weighted by atomic mass is 19.1. The highest BCUT2D eigenvalue weighted by Gasteiger charge is 2.22. The number of aromatic nitrogens is 4. The number of imidazole rings is 1. The van der Waals surface area contributed by atoms with Crippen LogP contribution in [-0.2, 0) is 0 Å². The van der Waals surface area contributed by atoms with Crippen LogP contribution in [0.5, 0.6) is 0 Å². The monoisotopic (exact) mass is 340 g/mol. The molecule has 0 radical (unpaired) electrons. The summed E-state index contributed by atoms with van der Waals surface area (Å²) in [5.41, 5.74) is 2.85. The zero-order chi connectivity index (χ0) is 17.5. The second-order valence-electron chi connectivity index (χ2n) is 5.95. The fourth-order valence-corrected chi connectivity index (χ4v) is 3.12. The van der Waals surface area contributed by atoms with Crippen molar-refractivity contribution in [1.29, 1.82) is 0 Å². The maximum absolute atomic E-state index is 14.6. The van der Waals surface area contributed by atoms with Gasteiger partial charge in [-0.05, 0) is 24.3 Å². The van der Waals surface area contributed by atoms with Crippen molar-refractivity contribution in [3.63, 3.8) is 0 Å². The molecule has 0 spiro atoms. The van der Waals surface area contributed by atoms with E-state index in [9.17, 15) is 4.39 Å². The molecule has 0 saturated heterocycles. The Hall–Kier alpha value is -3.60. The molecule has 0 saturated carbocycles. The molecule has 2 heterocycles. The number of halogens is 1. The van der Waals surface area contributed by atoms with Gasteiger partial charge in [0.15, 0.2) is 17.5 Å². The van der Waals surface area contributed by atoms with Crippen LogP contribution in [0.25, 0.3) is 39.8 Å². The molecule has 0 aliphatic carbocycles. The molecule has 5 heteroatoms. The maximum Gasteiger partial charge on any atom is 0.199 e. The highest BCUT2D eigenvalue weighted by molar-refractivity contribution is 5.82. The number of hydrogen-bond acceptors (Lipinski definition) is 3. The number of para-hydroxylation sites is 3. The Morgan fingerprint density at radius 2 is 1.38 bits per heavy atom. The topological polar surface area (TPSA) is 43.6 Å². The molecule has 124 valence electrons. The molecule has 0 amide bonds. The van der Waals surface area contributed by atoms with E-state index in [0.717, 1.165) is 16.6 Å². The van der Waals surface area contributed by atoms with Crippen molar-refractivity contribution in [1.82, 2.24) is 19.5 Å². The molecule has 0 aromatic heterocycles.